The number of aromatic nitrogens is 2. The molecule has 3 rings (SSSR count). The number of unbranched alkanes of at least 4 members (excludes halogenated alkanes) is 1. The van der Waals surface area contributed by atoms with Crippen molar-refractivity contribution in [2.24, 2.45) is 0 Å². The molecule has 0 unspecified atom stereocenters. The fraction of sp³-hybridized carbons (Fsp3) is 0.318. The minimum atomic E-state index is -0.339. The Balaban J connectivity index is 2.11. The summed E-state index contributed by atoms with van der Waals surface area (Å²) in [5.74, 6) is 1.07. The number of fused-ring (bicyclic) bond motifs is 1. The molecule has 7 nitrogen and oxygen atoms in total. The molecule has 7 heteroatoms. The van der Waals surface area contributed by atoms with E-state index in [1.54, 1.807) is 12.1 Å². The predicted octanol–water partition coefficient (Wildman–Crippen LogP) is 4.07. The standard InChI is InChI=1S/C22H24N2O5/c1-5-6-11-29-22-19(23-15-9-7-8-10-16(15)24-22)20(25)14-12-17(26-2)21(28-4)18(13-14)27-3/h7-10,12-13H,5-6,11H2,1-4H3. The van der Waals surface area contributed by atoms with Crippen molar-refractivity contribution in [1.82, 2.24) is 9.97 Å². The van der Waals surface area contributed by atoms with Gasteiger partial charge in [-0.3, -0.25) is 4.79 Å². The molecule has 2 aromatic carbocycles. The quantitative estimate of drug-likeness (QED) is 0.398. The van der Waals surface area contributed by atoms with Gasteiger partial charge in [-0.1, -0.05) is 25.5 Å². The Morgan fingerprint density at radius 3 is 2.10 bits per heavy atom. The number of carbonyl (C=O) groups excluding carboxylic acids is 1. The van der Waals surface area contributed by atoms with Crippen LogP contribution in [0.2, 0.25) is 0 Å². The summed E-state index contributed by atoms with van der Waals surface area (Å²) in [5.41, 5.74) is 1.77. The number of carbonyl (C=O) groups is 1. The van der Waals surface area contributed by atoms with Crippen LogP contribution in [0.1, 0.15) is 35.8 Å². The third-order valence-corrected chi connectivity index (χ3v) is 4.42. The van der Waals surface area contributed by atoms with Crippen LogP contribution in [0.3, 0.4) is 0 Å². The Morgan fingerprint density at radius 2 is 1.55 bits per heavy atom. The second kappa shape index (κ2) is 9.23. The van der Waals surface area contributed by atoms with E-state index in [0.29, 0.717) is 40.5 Å². The number of ketones is 1. The van der Waals surface area contributed by atoms with E-state index in [2.05, 4.69) is 16.9 Å². The lowest BCUT2D eigenvalue weighted by atomic mass is 10.1. The lowest BCUT2D eigenvalue weighted by Gasteiger charge is -2.14. The van der Waals surface area contributed by atoms with E-state index < -0.39 is 0 Å². The van der Waals surface area contributed by atoms with Crippen molar-refractivity contribution in [2.75, 3.05) is 27.9 Å². The van der Waals surface area contributed by atoms with Crippen molar-refractivity contribution in [2.45, 2.75) is 19.8 Å². The fourth-order valence-electron chi connectivity index (χ4n) is 2.89. The van der Waals surface area contributed by atoms with Crippen LogP contribution >= 0.6 is 0 Å². The maximum absolute atomic E-state index is 13.3. The van der Waals surface area contributed by atoms with Gasteiger partial charge in [0.05, 0.1) is 39.0 Å². The summed E-state index contributed by atoms with van der Waals surface area (Å²) in [6.45, 7) is 2.52. The highest BCUT2D eigenvalue weighted by molar-refractivity contribution is 6.10. The Bertz CT molecular complexity index is 994. The molecular formula is C22H24N2O5. The zero-order valence-electron chi connectivity index (χ0n) is 17.0. The van der Waals surface area contributed by atoms with E-state index in [0.717, 1.165) is 12.8 Å². The maximum Gasteiger partial charge on any atom is 0.244 e. The third-order valence-electron chi connectivity index (χ3n) is 4.42. The van der Waals surface area contributed by atoms with Gasteiger partial charge in [0.1, 0.15) is 0 Å². The van der Waals surface area contributed by atoms with Crippen LogP contribution in [0.5, 0.6) is 23.1 Å². The second-order valence-electron chi connectivity index (χ2n) is 6.31. The van der Waals surface area contributed by atoms with E-state index in [1.165, 1.54) is 21.3 Å². The molecule has 0 saturated heterocycles. The summed E-state index contributed by atoms with van der Waals surface area (Å²) < 4.78 is 21.9. The van der Waals surface area contributed by atoms with Gasteiger partial charge >= 0.3 is 0 Å². The van der Waals surface area contributed by atoms with E-state index in [9.17, 15) is 4.79 Å². The van der Waals surface area contributed by atoms with Crippen LogP contribution in [0.15, 0.2) is 36.4 Å². The second-order valence-corrected chi connectivity index (χ2v) is 6.31. The molecule has 0 N–H and O–H groups in total. The van der Waals surface area contributed by atoms with Crippen molar-refractivity contribution < 1.29 is 23.7 Å². The first-order valence-electron chi connectivity index (χ1n) is 9.37. The molecule has 0 spiro atoms. The highest BCUT2D eigenvalue weighted by atomic mass is 16.5. The van der Waals surface area contributed by atoms with Crippen LogP contribution in [0.4, 0.5) is 0 Å². The fourth-order valence-corrected chi connectivity index (χ4v) is 2.89. The van der Waals surface area contributed by atoms with Gasteiger partial charge in [-0.25, -0.2) is 9.97 Å². The number of ether oxygens (including phenoxy) is 4. The van der Waals surface area contributed by atoms with Crippen LogP contribution in [0, 0.1) is 0 Å². The van der Waals surface area contributed by atoms with Crippen LogP contribution in [0.25, 0.3) is 11.0 Å². The van der Waals surface area contributed by atoms with E-state index in [4.69, 9.17) is 18.9 Å². The molecular weight excluding hydrogens is 372 g/mol. The van der Waals surface area contributed by atoms with Gasteiger partial charge in [-0.05, 0) is 30.7 Å². The van der Waals surface area contributed by atoms with Gasteiger partial charge in [0.2, 0.25) is 17.4 Å². The van der Waals surface area contributed by atoms with Crippen molar-refractivity contribution in [3.63, 3.8) is 0 Å². The Labute approximate surface area is 169 Å². The highest BCUT2D eigenvalue weighted by Gasteiger charge is 2.23. The van der Waals surface area contributed by atoms with Crippen molar-refractivity contribution in [1.29, 1.82) is 0 Å². The monoisotopic (exact) mass is 396 g/mol. The number of rotatable bonds is 9. The van der Waals surface area contributed by atoms with Gasteiger partial charge in [0.25, 0.3) is 0 Å². The average Bonchev–Trinajstić information content (AvgIpc) is 2.77. The SMILES string of the molecule is CCCCOc1nc2ccccc2nc1C(=O)c1cc(OC)c(OC)c(OC)c1. The highest BCUT2D eigenvalue weighted by Crippen LogP contribution is 2.39. The van der Waals surface area contributed by atoms with Gasteiger partial charge in [-0.15, -0.1) is 0 Å². The molecule has 0 radical (unpaired) electrons. The number of benzene rings is 2. The Hall–Kier alpha value is -3.35. The zero-order chi connectivity index (χ0) is 20.8. The molecule has 3 aromatic rings. The largest absolute Gasteiger partial charge is 0.493 e. The molecule has 29 heavy (non-hydrogen) atoms. The molecule has 0 aliphatic heterocycles. The predicted molar refractivity (Wildman–Crippen MR) is 109 cm³/mol. The molecule has 1 aromatic heterocycles. The Kier molecular flexibility index (Phi) is 6.49. The number of hydrogen-bond acceptors (Lipinski definition) is 7. The number of para-hydroxylation sites is 2. The van der Waals surface area contributed by atoms with Crippen LogP contribution in [-0.4, -0.2) is 43.7 Å². The summed E-state index contributed by atoms with van der Waals surface area (Å²) in [5, 5.41) is 0. The van der Waals surface area contributed by atoms with E-state index >= 15 is 0 Å². The summed E-state index contributed by atoms with van der Waals surface area (Å²) in [4.78, 5) is 22.4. The van der Waals surface area contributed by atoms with Crippen molar-refractivity contribution in [3.05, 3.63) is 47.7 Å². The Morgan fingerprint density at radius 1 is 0.931 bits per heavy atom. The number of methoxy groups -OCH3 is 3. The number of hydrogen-bond donors (Lipinski definition) is 0. The molecule has 152 valence electrons. The van der Waals surface area contributed by atoms with Crippen LogP contribution < -0.4 is 18.9 Å². The molecule has 0 bridgehead atoms. The molecule has 0 aliphatic carbocycles. The van der Waals surface area contributed by atoms with Gasteiger partial charge in [0.15, 0.2) is 17.2 Å². The summed E-state index contributed by atoms with van der Waals surface area (Å²) in [6.07, 6.45) is 1.82. The lowest BCUT2D eigenvalue weighted by Crippen LogP contribution is -2.11. The van der Waals surface area contributed by atoms with Crippen LogP contribution in [-0.2, 0) is 0 Å². The lowest BCUT2D eigenvalue weighted by molar-refractivity contribution is 0.102. The van der Waals surface area contributed by atoms with Gasteiger partial charge in [0, 0.05) is 5.56 Å². The molecule has 0 saturated carbocycles. The molecule has 0 amide bonds. The normalized spacial score (nSPS) is 10.6. The molecule has 0 fully saturated rings. The first-order chi connectivity index (χ1) is 14.1. The summed E-state index contributed by atoms with van der Waals surface area (Å²) in [7, 11) is 4.51. The summed E-state index contributed by atoms with van der Waals surface area (Å²) in [6, 6.07) is 10.6. The maximum atomic E-state index is 13.3. The first-order valence-corrected chi connectivity index (χ1v) is 9.37. The van der Waals surface area contributed by atoms with Crippen molar-refractivity contribution >= 4 is 16.8 Å². The minimum absolute atomic E-state index is 0.147. The van der Waals surface area contributed by atoms with Gasteiger partial charge in [-0.2, -0.15) is 0 Å². The molecule has 1 heterocycles. The average molecular weight is 396 g/mol. The topological polar surface area (TPSA) is 79.8 Å². The first kappa shape index (κ1) is 20.4. The molecule has 0 atom stereocenters. The van der Waals surface area contributed by atoms with E-state index in [-0.39, 0.29) is 17.4 Å². The van der Waals surface area contributed by atoms with E-state index in [1.807, 2.05) is 24.3 Å². The van der Waals surface area contributed by atoms with Crippen molar-refractivity contribution in [3.8, 4) is 23.1 Å². The molecule has 0 aliphatic rings. The number of nitrogens with zero attached hydrogens (tertiary/aromatic N) is 2. The zero-order valence-corrected chi connectivity index (χ0v) is 17.0. The summed E-state index contributed by atoms with van der Waals surface area (Å²) >= 11 is 0. The third kappa shape index (κ3) is 4.23. The minimum Gasteiger partial charge on any atom is -0.493 e. The smallest absolute Gasteiger partial charge is 0.244 e. The van der Waals surface area contributed by atoms with Gasteiger partial charge < -0.3 is 18.9 Å².